The molecule has 6 heteroatoms. The van der Waals surface area contributed by atoms with Gasteiger partial charge in [-0.25, -0.2) is 0 Å². The molecule has 1 fully saturated rings. The van der Waals surface area contributed by atoms with Crippen LogP contribution in [-0.2, 0) is 9.47 Å². The van der Waals surface area contributed by atoms with E-state index in [1.807, 2.05) is 32.9 Å². The van der Waals surface area contributed by atoms with E-state index < -0.39 is 5.79 Å². The molecule has 3 N–H and O–H groups in total. The minimum absolute atomic E-state index is 0.0483. The van der Waals surface area contributed by atoms with E-state index in [2.05, 4.69) is 5.32 Å². The van der Waals surface area contributed by atoms with Crippen LogP contribution in [0.4, 0.5) is 5.69 Å². The van der Waals surface area contributed by atoms with Gasteiger partial charge >= 0.3 is 0 Å². The molecule has 0 aliphatic carbocycles. The van der Waals surface area contributed by atoms with Gasteiger partial charge in [0.1, 0.15) is 0 Å². The Kier molecular flexibility index (Phi) is 4.82. The molecule has 1 heterocycles. The first kappa shape index (κ1) is 15.9. The van der Waals surface area contributed by atoms with Crippen LogP contribution in [0.3, 0.4) is 0 Å². The van der Waals surface area contributed by atoms with Gasteiger partial charge in [-0.15, -0.1) is 0 Å². The lowest BCUT2D eigenvalue weighted by molar-refractivity contribution is -0.137. The first-order valence-electron chi connectivity index (χ1n) is 6.58. The van der Waals surface area contributed by atoms with Crippen LogP contribution in [0.25, 0.3) is 0 Å². The molecule has 1 aliphatic rings. The molecule has 0 saturated carbocycles. The van der Waals surface area contributed by atoms with Gasteiger partial charge < -0.3 is 20.5 Å². The summed E-state index contributed by atoms with van der Waals surface area (Å²) in [5.41, 5.74) is 7.14. The second-order valence-corrected chi connectivity index (χ2v) is 6.29. The zero-order chi connectivity index (χ0) is 14.9. The fourth-order valence-electron chi connectivity index (χ4n) is 2.14. The van der Waals surface area contributed by atoms with E-state index in [0.717, 1.165) is 5.56 Å². The van der Waals surface area contributed by atoms with Crippen molar-refractivity contribution in [2.24, 2.45) is 0 Å². The van der Waals surface area contributed by atoms with Gasteiger partial charge in [0.2, 0.25) is 0 Å². The third-order valence-corrected chi connectivity index (χ3v) is 3.95. The highest BCUT2D eigenvalue weighted by Gasteiger charge is 2.32. The maximum Gasteiger partial charge on any atom is 0.163 e. The average molecular weight is 319 g/mol. The second-order valence-electron chi connectivity index (χ2n) is 5.48. The van der Waals surface area contributed by atoms with Gasteiger partial charge in [0.15, 0.2) is 5.79 Å². The maximum atomic E-state index is 6.05. The van der Waals surface area contributed by atoms with Crippen molar-refractivity contribution in [2.45, 2.75) is 38.7 Å². The van der Waals surface area contributed by atoms with Gasteiger partial charge in [-0.3, -0.25) is 0 Å². The van der Waals surface area contributed by atoms with Crippen molar-refractivity contribution in [1.82, 2.24) is 5.32 Å². The largest absolute Gasteiger partial charge is 0.396 e. The number of anilines is 1. The lowest BCUT2D eigenvalue weighted by atomic mass is 10.1. The highest BCUT2D eigenvalue weighted by molar-refractivity contribution is 6.38. The number of hydrogen-bond donors (Lipinski definition) is 2. The lowest BCUT2D eigenvalue weighted by Crippen LogP contribution is -2.32. The Morgan fingerprint density at radius 1 is 1.40 bits per heavy atom. The van der Waals surface area contributed by atoms with Crippen molar-refractivity contribution in [3.63, 3.8) is 0 Å². The normalized spacial score (nSPS) is 22.9. The zero-order valence-corrected chi connectivity index (χ0v) is 13.4. The van der Waals surface area contributed by atoms with Crippen LogP contribution >= 0.6 is 23.2 Å². The Morgan fingerprint density at radius 3 is 2.50 bits per heavy atom. The van der Waals surface area contributed by atoms with Crippen LogP contribution in [-0.4, -0.2) is 25.0 Å². The van der Waals surface area contributed by atoms with Gasteiger partial charge in [0.05, 0.1) is 28.4 Å². The first-order chi connectivity index (χ1) is 9.28. The lowest BCUT2D eigenvalue weighted by Gasteiger charge is -2.20. The van der Waals surface area contributed by atoms with Crippen LogP contribution < -0.4 is 11.1 Å². The smallest absolute Gasteiger partial charge is 0.163 e. The second kappa shape index (κ2) is 6.08. The Hall–Kier alpha value is -0.520. The monoisotopic (exact) mass is 318 g/mol. The number of benzene rings is 1. The highest BCUT2D eigenvalue weighted by atomic mass is 35.5. The van der Waals surface area contributed by atoms with Crippen molar-refractivity contribution in [3.05, 3.63) is 27.7 Å². The number of nitrogens with two attached hydrogens (primary N) is 1. The fourth-order valence-corrected chi connectivity index (χ4v) is 2.65. The summed E-state index contributed by atoms with van der Waals surface area (Å²) < 4.78 is 11.3. The van der Waals surface area contributed by atoms with Crippen molar-refractivity contribution < 1.29 is 9.47 Å². The molecule has 0 radical (unpaired) electrons. The van der Waals surface area contributed by atoms with Gasteiger partial charge in [-0.05, 0) is 38.5 Å². The molecule has 20 heavy (non-hydrogen) atoms. The van der Waals surface area contributed by atoms with E-state index >= 15 is 0 Å². The minimum Gasteiger partial charge on any atom is -0.396 e. The molecule has 112 valence electrons. The molecule has 0 spiro atoms. The molecule has 2 rings (SSSR count). The van der Waals surface area contributed by atoms with E-state index in [4.69, 9.17) is 38.4 Å². The zero-order valence-electron chi connectivity index (χ0n) is 11.9. The summed E-state index contributed by atoms with van der Waals surface area (Å²) in [6.07, 6.45) is 0.0483. The van der Waals surface area contributed by atoms with Crippen molar-refractivity contribution in [1.29, 1.82) is 0 Å². The topological polar surface area (TPSA) is 56.5 Å². The van der Waals surface area contributed by atoms with Gasteiger partial charge in [0, 0.05) is 12.6 Å². The number of nitrogens with one attached hydrogen (secondary N) is 1. The molecule has 1 aromatic rings. The highest BCUT2D eigenvalue weighted by Crippen LogP contribution is 2.31. The number of ether oxygens (including phenoxy) is 2. The van der Waals surface area contributed by atoms with Crippen molar-refractivity contribution in [2.75, 3.05) is 18.9 Å². The number of hydrogen-bond acceptors (Lipinski definition) is 4. The average Bonchev–Trinajstić information content (AvgIpc) is 2.72. The molecule has 4 nitrogen and oxygen atoms in total. The van der Waals surface area contributed by atoms with Crippen molar-refractivity contribution >= 4 is 28.9 Å². The van der Waals surface area contributed by atoms with E-state index in [1.54, 1.807) is 0 Å². The summed E-state index contributed by atoms with van der Waals surface area (Å²) in [5.74, 6) is -0.497. The molecule has 1 aromatic carbocycles. The molecule has 2 atom stereocenters. The minimum atomic E-state index is -0.497. The van der Waals surface area contributed by atoms with Gasteiger partial charge in [0.25, 0.3) is 0 Å². The molecule has 0 unspecified atom stereocenters. The summed E-state index contributed by atoms with van der Waals surface area (Å²) in [6, 6.07) is 3.75. The van der Waals surface area contributed by atoms with Gasteiger partial charge in [-0.2, -0.15) is 0 Å². The van der Waals surface area contributed by atoms with Crippen LogP contribution in [0.1, 0.15) is 32.4 Å². The Balaban J connectivity index is 1.94. The number of rotatable bonds is 4. The van der Waals surface area contributed by atoms with E-state index in [9.17, 15) is 0 Å². The Morgan fingerprint density at radius 2 is 2.00 bits per heavy atom. The first-order valence-corrected chi connectivity index (χ1v) is 7.33. The van der Waals surface area contributed by atoms with E-state index in [1.165, 1.54) is 0 Å². The van der Waals surface area contributed by atoms with E-state index in [-0.39, 0.29) is 12.1 Å². The standard InChI is InChI=1S/C14H20Cl2N2O2/c1-8(9-4-11(15)13(17)12(16)5-9)18-6-10-7-19-14(2,3)20-10/h4-5,8,10,18H,6-7,17H2,1-3H3/t8-,10-/m1/s1. The maximum absolute atomic E-state index is 6.05. The predicted molar refractivity (Wildman–Crippen MR) is 82.2 cm³/mol. The summed E-state index contributed by atoms with van der Waals surface area (Å²) in [7, 11) is 0. The number of halogens is 2. The molecular weight excluding hydrogens is 299 g/mol. The summed E-state index contributed by atoms with van der Waals surface area (Å²) >= 11 is 12.1. The summed E-state index contributed by atoms with van der Waals surface area (Å²) in [4.78, 5) is 0. The third kappa shape index (κ3) is 3.77. The van der Waals surface area contributed by atoms with Crippen LogP contribution in [0.15, 0.2) is 12.1 Å². The fraction of sp³-hybridized carbons (Fsp3) is 0.571. The molecule has 0 bridgehead atoms. The SMILES string of the molecule is C[C@@H](NC[C@@H]1COC(C)(C)O1)c1cc(Cl)c(N)c(Cl)c1. The quantitative estimate of drug-likeness (QED) is 0.836. The summed E-state index contributed by atoms with van der Waals surface area (Å²) in [6.45, 7) is 7.16. The van der Waals surface area contributed by atoms with Crippen LogP contribution in [0.2, 0.25) is 10.0 Å². The molecular formula is C14H20Cl2N2O2. The third-order valence-electron chi connectivity index (χ3n) is 3.32. The number of nitrogen functional groups attached to an aromatic ring is 1. The predicted octanol–water partition coefficient (Wildman–Crippen LogP) is 3.38. The molecule has 1 aliphatic heterocycles. The van der Waals surface area contributed by atoms with E-state index in [0.29, 0.717) is 28.9 Å². The van der Waals surface area contributed by atoms with Crippen LogP contribution in [0, 0.1) is 0 Å². The summed E-state index contributed by atoms with van der Waals surface area (Å²) in [5, 5.41) is 4.34. The Bertz CT molecular complexity index is 471. The molecule has 0 aromatic heterocycles. The molecule has 0 amide bonds. The Labute approximate surface area is 129 Å². The van der Waals surface area contributed by atoms with Crippen molar-refractivity contribution in [3.8, 4) is 0 Å². The molecule has 1 saturated heterocycles. The van der Waals surface area contributed by atoms with Crippen LogP contribution in [0.5, 0.6) is 0 Å². The van der Waals surface area contributed by atoms with Gasteiger partial charge in [-0.1, -0.05) is 23.2 Å².